The van der Waals surface area contributed by atoms with Gasteiger partial charge in [0.1, 0.15) is 0 Å². The molecule has 17 heavy (non-hydrogen) atoms. The molecule has 0 aliphatic carbocycles. The van der Waals surface area contributed by atoms with Crippen LogP contribution < -0.4 is 5.73 Å². The predicted octanol–water partition coefficient (Wildman–Crippen LogP) is 2.14. The van der Waals surface area contributed by atoms with Crippen LogP contribution in [0.4, 0.5) is 0 Å². The zero-order valence-corrected chi connectivity index (χ0v) is 11.9. The summed E-state index contributed by atoms with van der Waals surface area (Å²) < 4.78 is 2.65. The van der Waals surface area contributed by atoms with E-state index in [0.29, 0.717) is 0 Å². The van der Waals surface area contributed by atoms with Crippen LogP contribution in [0.1, 0.15) is 18.5 Å². The van der Waals surface area contributed by atoms with E-state index in [-0.39, 0.29) is 6.04 Å². The van der Waals surface area contributed by atoms with Gasteiger partial charge in [-0.25, -0.2) is 4.68 Å². The van der Waals surface area contributed by atoms with Crippen molar-refractivity contribution in [3.63, 3.8) is 0 Å². The molecule has 1 atom stereocenters. The molecule has 0 saturated carbocycles. The fourth-order valence-corrected chi connectivity index (χ4v) is 2.89. The van der Waals surface area contributed by atoms with E-state index in [9.17, 15) is 0 Å². The Morgan fingerprint density at radius 1 is 1.47 bits per heavy atom. The Morgan fingerprint density at radius 3 is 2.82 bits per heavy atom. The highest BCUT2D eigenvalue weighted by Crippen LogP contribution is 2.33. The van der Waals surface area contributed by atoms with Gasteiger partial charge in [0.15, 0.2) is 0 Å². The number of halogens is 1. The van der Waals surface area contributed by atoms with Crippen molar-refractivity contribution in [2.45, 2.75) is 23.0 Å². The lowest BCUT2D eigenvalue weighted by Crippen LogP contribution is -2.06. The number of hydrogen-bond acceptors (Lipinski definition) is 5. The maximum Gasteiger partial charge on any atom is 0.213 e. The topological polar surface area (TPSA) is 69.6 Å². The highest BCUT2D eigenvalue weighted by molar-refractivity contribution is 9.10. The second kappa shape index (κ2) is 5.16. The summed E-state index contributed by atoms with van der Waals surface area (Å²) in [5.41, 5.74) is 7.03. The molecule has 0 spiro atoms. The number of rotatable bonds is 3. The maximum absolute atomic E-state index is 5.94. The summed E-state index contributed by atoms with van der Waals surface area (Å²) in [5, 5.41) is 12.1. The number of nitrogens with zero attached hydrogens (tertiary/aromatic N) is 4. The molecule has 1 aromatic heterocycles. The van der Waals surface area contributed by atoms with Gasteiger partial charge in [-0.05, 0) is 46.8 Å². The maximum atomic E-state index is 5.94. The first-order chi connectivity index (χ1) is 8.08. The molecule has 7 heteroatoms. The van der Waals surface area contributed by atoms with Gasteiger partial charge >= 0.3 is 0 Å². The average Bonchev–Trinajstić information content (AvgIpc) is 2.64. The molecule has 1 heterocycles. The first kappa shape index (κ1) is 12.5. The Labute approximate surface area is 112 Å². The van der Waals surface area contributed by atoms with Gasteiger partial charge in [0, 0.05) is 22.5 Å². The van der Waals surface area contributed by atoms with Gasteiger partial charge in [0.25, 0.3) is 0 Å². The van der Waals surface area contributed by atoms with E-state index in [1.165, 1.54) is 11.8 Å². The molecule has 0 aliphatic heterocycles. The van der Waals surface area contributed by atoms with Crippen molar-refractivity contribution in [1.82, 2.24) is 20.2 Å². The average molecular weight is 314 g/mol. The Bertz CT molecular complexity index is 525. The van der Waals surface area contributed by atoms with Crippen LogP contribution in [-0.4, -0.2) is 20.2 Å². The number of tetrazole rings is 1. The third-order valence-corrected chi connectivity index (χ3v) is 3.84. The van der Waals surface area contributed by atoms with Crippen molar-refractivity contribution in [3.8, 4) is 0 Å². The van der Waals surface area contributed by atoms with E-state index in [0.717, 1.165) is 20.1 Å². The molecule has 0 saturated heterocycles. The van der Waals surface area contributed by atoms with E-state index in [1.807, 2.05) is 32.2 Å². The van der Waals surface area contributed by atoms with Crippen LogP contribution in [0.5, 0.6) is 0 Å². The minimum Gasteiger partial charge on any atom is -0.324 e. The van der Waals surface area contributed by atoms with Crippen LogP contribution in [0.25, 0.3) is 0 Å². The van der Waals surface area contributed by atoms with Crippen molar-refractivity contribution in [2.75, 3.05) is 0 Å². The van der Waals surface area contributed by atoms with Crippen molar-refractivity contribution in [3.05, 3.63) is 28.2 Å². The molecule has 5 nitrogen and oxygen atoms in total. The summed E-state index contributed by atoms with van der Waals surface area (Å²) >= 11 is 4.96. The molecule has 0 amide bonds. The van der Waals surface area contributed by atoms with Crippen LogP contribution in [-0.2, 0) is 7.05 Å². The zero-order valence-electron chi connectivity index (χ0n) is 9.46. The molecule has 90 valence electrons. The highest BCUT2D eigenvalue weighted by atomic mass is 79.9. The first-order valence-electron chi connectivity index (χ1n) is 5.03. The van der Waals surface area contributed by atoms with Crippen molar-refractivity contribution >= 4 is 27.7 Å². The van der Waals surface area contributed by atoms with Crippen molar-refractivity contribution < 1.29 is 0 Å². The molecular weight excluding hydrogens is 302 g/mol. The monoisotopic (exact) mass is 313 g/mol. The van der Waals surface area contributed by atoms with Gasteiger partial charge in [-0.2, -0.15) is 0 Å². The summed E-state index contributed by atoms with van der Waals surface area (Å²) in [6.07, 6.45) is 0. The van der Waals surface area contributed by atoms with Crippen LogP contribution >= 0.6 is 27.7 Å². The highest BCUT2D eigenvalue weighted by Gasteiger charge is 2.12. The molecule has 1 unspecified atom stereocenters. The van der Waals surface area contributed by atoms with E-state index in [1.54, 1.807) is 4.68 Å². The lowest BCUT2D eigenvalue weighted by Gasteiger charge is -2.11. The molecule has 0 fully saturated rings. The molecule has 2 aromatic rings. The lowest BCUT2D eigenvalue weighted by atomic mass is 10.1. The fourth-order valence-electron chi connectivity index (χ4n) is 1.38. The van der Waals surface area contributed by atoms with E-state index >= 15 is 0 Å². The summed E-state index contributed by atoms with van der Waals surface area (Å²) in [6.45, 7) is 1.96. The van der Waals surface area contributed by atoms with Crippen molar-refractivity contribution in [2.24, 2.45) is 12.8 Å². The Kier molecular flexibility index (Phi) is 3.80. The largest absolute Gasteiger partial charge is 0.324 e. The van der Waals surface area contributed by atoms with Gasteiger partial charge < -0.3 is 5.73 Å². The minimum atomic E-state index is -0.0215. The number of nitrogens with two attached hydrogens (primary N) is 1. The number of hydrogen-bond donors (Lipinski definition) is 1. The Morgan fingerprint density at radius 2 is 2.24 bits per heavy atom. The van der Waals surface area contributed by atoms with Crippen molar-refractivity contribution in [1.29, 1.82) is 0 Å². The van der Waals surface area contributed by atoms with Gasteiger partial charge in [0.2, 0.25) is 5.16 Å². The molecule has 0 aliphatic rings. The van der Waals surface area contributed by atoms with E-state index in [4.69, 9.17) is 5.73 Å². The van der Waals surface area contributed by atoms with Crippen LogP contribution in [0.3, 0.4) is 0 Å². The summed E-state index contributed by atoms with van der Waals surface area (Å²) in [7, 11) is 1.81. The van der Waals surface area contributed by atoms with Gasteiger partial charge in [0.05, 0.1) is 0 Å². The van der Waals surface area contributed by atoms with Gasteiger partial charge in [-0.3, -0.25) is 0 Å². The standard InChI is InChI=1S/C10H12BrN5S/c1-6(12)8-4-3-7(11)5-9(8)17-10-13-14-15-16(10)2/h3-6H,12H2,1-2H3. The van der Waals surface area contributed by atoms with Crippen LogP contribution in [0.15, 0.2) is 32.7 Å². The van der Waals surface area contributed by atoms with E-state index < -0.39 is 0 Å². The molecule has 0 bridgehead atoms. The molecular formula is C10H12BrN5S. The predicted molar refractivity (Wildman–Crippen MR) is 69.7 cm³/mol. The zero-order chi connectivity index (χ0) is 12.4. The third kappa shape index (κ3) is 2.85. The van der Waals surface area contributed by atoms with Gasteiger partial charge in [-0.15, -0.1) is 5.10 Å². The second-order valence-electron chi connectivity index (χ2n) is 3.66. The fraction of sp³-hybridized carbons (Fsp3) is 0.300. The van der Waals surface area contributed by atoms with Crippen LogP contribution in [0.2, 0.25) is 0 Å². The third-order valence-electron chi connectivity index (χ3n) is 2.25. The SMILES string of the molecule is CC(N)c1ccc(Br)cc1Sc1nnnn1C. The number of aromatic nitrogens is 4. The summed E-state index contributed by atoms with van der Waals surface area (Å²) in [4.78, 5) is 1.06. The normalized spacial score (nSPS) is 12.7. The van der Waals surface area contributed by atoms with Gasteiger partial charge in [-0.1, -0.05) is 22.0 Å². The second-order valence-corrected chi connectivity index (χ2v) is 5.58. The minimum absolute atomic E-state index is 0.0215. The lowest BCUT2D eigenvalue weighted by molar-refractivity contribution is 0.664. The Hall–Kier alpha value is -0.920. The number of aryl methyl sites for hydroxylation is 1. The number of benzene rings is 1. The molecule has 2 N–H and O–H groups in total. The van der Waals surface area contributed by atoms with Crippen LogP contribution in [0, 0.1) is 0 Å². The summed E-state index contributed by atoms with van der Waals surface area (Å²) in [5.74, 6) is 0. The smallest absolute Gasteiger partial charge is 0.213 e. The summed E-state index contributed by atoms with van der Waals surface area (Å²) in [6, 6.07) is 6.00. The quantitative estimate of drug-likeness (QED) is 0.940. The van der Waals surface area contributed by atoms with E-state index in [2.05, 4.69) is 31.5 Å². The molecule has 1 aromatic carbocycles. The molecule has 0 radical (unpaired) electrons. The Balaban J connectivity index is 2.37. The first-order valence-corrected chi connectivity index (χ1v) is 6.64. The molecule has 2 rings (SSSR count).